The van der Waals surface area contributed by atoms with Gasteiger partial charge in [0, 0.05) is 43.1 Å². The molecule has 71 heavy (non-hydrogen) atoms. The summed E-state index contributed by atoms with van der Waals surface area (Å²) in [5.41, 5.74) is 6.12. The highest BCUT2D eigenvalue weighted by atomic mass is 32.1. The molecule has 15 nitrogen and oxygen atoms in total. The Bertz CT molecular complexity index is 2770. The fourth-order valence-corrected chi connectivity index (χ4v) is 9.90. The van der Waals surface area contributed by atoms with Crippen LogP contribution in [-0.4, -0.2) is 100 Å². The molecule has 0 aliphatic carbocycles. The second kappa shape index (κ2) is 22.6. The predicted molar refractivity (Wildman–Crippen MR) is 279 cm³/mol. The number of anilines is 2. The molecule has 4 amide bonds. The van der Waals surface area contributed by atoms with Crippen LogP contribution < -0.4 is 29.9 Å². The molecule has 0 saturated carbocycles. The van der Waals surface area contributed by atoms with Crippen molar-refractivity contribution >= 4 is 69.4 Å². The number of carbonyl (C=O) groups excluding carboxylic acids is 4. The highest BCUT2D eigenvalue weighted by molar-refractivity contribution is 7.81. The maximum atomic E-state index is 14.1. The van der Waals surface area contributed by atoms with Crippen LogP contribution in [0.5, 0.6) is 11.5 Å². The number of nitrogens with one attached hydrogen (secondary N) is 2. The van der Waals surface area contributed by atoms with E-state index in [0.717, 1.165) is 45.8 Å². The lowest BCUT2D eigenvalue weighted by atomic mass is 9.85. The highest BCUT2D eigenvalue weighted by Crippen LogP contribution is 2.38. The average Bonchev–Trinajstić information content (AvgIpc) is 4.01. The Morgan fingerprint density at radius 2 is 1.56 bits per heavy atom. The molecular weight excluding hydrogens is 939 g/mol. The SMILES string of the molecule is [C-]#[N+]c1ccc(N2C(=O)C(C)(C)N(c3ccc(OCCCCOCCOc4ccc(C(=O)N[C@H](C(=O)N5C[C@H](O)C[C@H]5C(=O)NCc5ccc(-c6scnc6C)cc5)C(C)(C)C)cc4)cc3)C2=S)cc1C. The fourth-order valence-electron chi connectivity index (χ4n) is 8.57. The van der Waals surface area contributed by atoms with Crippen molar-refractivity contribution in [2.75, 3.05) is 42.8 Å². The maximum Gasteiger partial charge on any atom is 0.259 e. The van der Waals surface area contributed by atoms with Gasteiger partial charge in [-0.15, -0.1) is 11.3 Å². The number of amides is 4. The van der Waals surface area contributed by atoms with Crippen molar-refractivity contribution < 1.29 is 38.5 Å². The number of likely N-dealkylation sites (tertiary alicyclic amines) is 1. The van der Waals surface area contributed by atoms with E-state index in [0.29, 0.717) is 60.0 Å². The van der Waals surface area contributed by atoms with E-state index in [1.165, 1.54) is 9.80 Å². The molecule has 2 saturated heterocycles. The number of nitrogens with zero attached hydrogens (tertiary/aromatic N) is 5. The van der Waals surface area contributed by atoms with Gasteiger partial charge < -0.3 is 39.8 Å². The van der Waals surface area contributed by atoms with Gasteiger partial charge in [-0.1, -0.05) is 51.1 Å². The molecule has 2 fully saturated rings. The minimum Gasteiger partial charge on any atom is -0.494 e. The van der Waals surface area contributed by atoms with Gasteiger partial charge in [-0.25, -0.2) is 9.83 Å². The third-order valence-electron chi connectivity index (χ3n) is 12.6. The number of benzene rings is 4. The number of hydrogen-bond donors (Lipinski definition) is 3. The van der Waals surface area contributed by atoms with Crippen LogP contribution in [0, 0.1) is 25.8 Å². The summed E-state index contributed by atoms with van der Waals surface area (Å²) in [6.07, 6.45) is 0.763. The molecule has 3 N–H and O–H groups in total. The predicted octanol–water partition coefficient (Wildman–Crippen LogP) is 8.57. The molecule has 3 heterocycles. The van der Waals surface area contributed by atoms with E-state index in [-0.39, 0.29) is 31.3 Å². The van der Waals surface area contributed by atoms with Crippen LogP contribution in [0.4, 0.5) is 17.1 Å². The van der Waals surface area contributed by atoms with E-state index in [1.54, 1.807) is 47.7 Å². The topological polar surface area (TPSA) is 167 Å². The lowest BCUT2D eigenvalue weighted by Crippen LogP contribution is -2.57. The smallest absolute Gasteiger partial charge is 0.259 e. The molecule has 372 valence electrons. The lowest BCUT2D eigenvalue weighted by molar-refractivity contribution is -0.142. The highest BCUT2D eigenvalue weighted by Gasteiger charge is 2.50. The summed E-state index contributed by atoms with van der Waals surface area (Å²) in [6, 6.07) is 25.4. The van der Waals surface area contributed by atoms with Crippen molar-refractivity contribution in [3.05, 3.63) is 130 Å². The number of thiocarbonyl (C=S) groups is 1. The zero-order valence-electron chi connectivity index (χ0n) is 41.2. The van der Waals surface area contributed by atoms with Gasteiger partial charge in [-0.2, -0.15) is 0 Å². The average molecular weight is 1000 g/mol. The third kappa shape index (κ3) is 12.3. The Hall–Kier alpha value is -6.71. The normalized spacial score (nSPS) is 17.0. The summed E-state index contributed by atoms with van der Waals surface area (Å²) < 4.78 is 17.6. The molecule has 1 aromatic heterocycles. The van der Waals surface area contributed by atoms with Crippen molar-refractivity contribution in [2.24, 2.45) is 5.41 Å². The van der Waals surface area contributed by atoms with Crippen LogP contribution in [0.25, 0.3) is 15.3 Å². The molecule has 5 aromatic rings. The van der Waals surface area contributed by atoms with E-state index >= 15 is 0 Å². The second-order valence-corrected chi connectivity index (χ2v) is 20.5. The number of thiazole rings is 1. The number of rotatable bonds is 19. The number of aliphatic hydroxyl groups is 1. The van der Waals surface area contributed by atoms with Crippen LogP contribution in [0.3, 0.4) is 0 Å². The molecular formula is C54H61N7O8S2. The van der Waals surface area contributed by atoms with E-state index in [1.807, 2.05) is 113 Å². The van der Waals surface area contributed by atoms with Gasteiger partial charge in [0.25, 0.3) is 11.8 Å². The van der Waals surface area contributed by atoms with Crippen molar-refractivity contribution in [2.45, 2.75) is 98.0 Å². The molecule has 3 atom stereocenters. The standard InChI is InChI=1S/C54H61N7O8S2/c1-34-29-40(19-24-44(34)55-8)60-51(66)54(6,7)61(52(60)70)39-17-22-43(23-18-39)68-26-10-9-25-67-27-28-69-42-20-15-38(16-21-42)48(63)58-47(53(3,4)5)50(65)59-32-41(62)30-45(59)49(64)56-31-36-11-13-37(14-12-36)46-35(2)57-33-71-46/h11-24,29,33,41,45,47,62H,9-10,25-28,30-32H2,1-7H3,(H,56,64)(H,58,63)/t41-,45+,47-/m1/s1. The molecule has 17 heteroatoms. The van der Waals surface area contributed by atoms with Crippen molar-refractivity contribution in [1.29, 1.82) is 0 Å². The first-order chi connectivity index (χ1) is 33.9. The van der Waals surface area contributed by atoms with E-state index in [4.69, 9.17) is 33.0 Å². The largest absolute Gasteiger partial charge is 0.494 e. The van der Waals surface area contributed by atoms with Crippen LogP contribution >= 0.6 is 23.6 Å². The number of aromatic nitrogens is 1. The first kappa shape index (κ1) is 52.1. The number of β-amino-alcohol motifs (C(OH)–C–C–N with tert-alkyl or cyclic N) is 1. The van der Waals surface area contributed by atoms with Crippen molar-refractivity contribution in [1.82, 2.24) is 20.5 Å². The summed E-state index contributed by atoms with van der Waals surface area (Å²) in [5, 5.41) is 16.8. The van der Waals surface area contributed by atoms with E-state index in [2.05, 4.69) is 20.5 Å². The second-order valence-electron chi connectivity index (χ2n) is 19.3. The minimum atomic E-state index is -0.980. The summed E-state index contributed by atoms with van der Waals surface area (Å²) in [4.78, 5) is 68.4. The van der Waals surface area contributed by atoms with Crippen LogP contribution in [0.15, 0.2) is 96.5 Å². The van der Waals surface area contributed by atoms with Crippen molar-refractivity contribution in [3.63, 3.8) is 0 Å². The molecule has 0 unspecified atom stereocenters. The van der Waals surface area contributed by atoms with Crippen LogP contribution in [0.2, 0.25) is 0 Å². The van der Waals surface area contributed by atoms with E-state index in [9.17, 15) is 24.3 Å². The Morgan fingerprint density at radius 3 is 2.20 bits per heavy atom. The number of aliphatic hydroxyl groups excluding tert-OH is 1. The molecule has 2 aliphatic heterocycles. The monoisotopic (exact) mass is 999 g/mol. The van der Waals surface area contributed by atoms with Crippen LogP contribution in [0.1, 0.15) is 81.1 Å². The molecule has 4 aromatic carbocycles. The van der Waals surface area contributed by atoms with Gasteiger partial charge in [-0.3, -0.25) is 24.1 Å². The van der Waals surface area contributed by atoms with Gasteiger partial charge in [0.1, 0.15) is 35.7 Å². The molecule has 0 bridgehead atoms. The first-order valence-electron chi connectivity index (χ1n) is 23.6. The van der Waals surface area contributed by atoms with Gasteiger partial charge in [0.05, 0.1) is 42.0 Å². The number of unbranched alkanes of at least 4 members (excludes halogenated alkanes) is 1. The number of carbonyl (C=O) groups is 4. The Labute approximate surface area is 424 Å². The Balaban J connectivity index is 0.806. The van der Waals surface area contributed by atoms with Gasteiger partial charge >= 0.3 is 0 Å². The summed E-state index contributed by atoms with van der Waals surface area (Å²) in [7, 11) is 0. The Kier molecular flexibility index (Phi) is 16.6. The molecule has 2 aliphatic rings. The summed E-state index contributed by atoms with van der Waals surface area (Å²) in [6.45, 7) is 22.3. The number of ether oxygens (including phenoxy) is 3. The first-order valence-corrected chi connectivity index (χ1v) is 24.9. The molecule has 0 spiro atoms. The van der Waals surface area contributed by atoms with Crippen molar-refractivity contribution in [3.8, 4) is 21.9 Å². The fraction of sp³-hybridized carbons (Fsp3) is 0.389. The van der Waals surface area contributed by atoms with Crippen LogP contribution in [-0.2, 0) is 25.7 Å². The molecule has 0 radical (unpaired) electrons. The van der Waals surface area contributed by atoms with Gasteiger partial charge in [0.2, 0.25) is 11.8 Å². The maximum absolute atomic E-state index is 14.1. The number of aryl methyl sites for hydroxylation is 2. The summed E-state index contributed by atoms with van der Waals surface area (Å²) >= 11 is 7.39. The molecule has 7 rings (SSSR count). The lowest BCUT2D eigenvalue weighted by Gasteiger charge is -2.35. The van der Waals surface area contributed by atoms with Gasteiger partial charge in [-0.05, 0) is 136 Å². The summed E-state index contributed by atoms with van der Waals surface area (Å²) in [5.74, 6) is -0.167. The van der Waals surface area contributed by atoms with E-state index < -0.39 is 41.0 Å². The number of hydrogen-bond acceptors (Lipinski definition) is 11. The Morgan fingerprint density at radius 1 is 0.915 bits per heavy atom. The minimum absolute atomic E-state index is 0.0206. The third-order valence-corrected chi connectivity index (χ3v) is 13.9. The zero-order chi connectivity index (χ0) is 51.0. The zero-order valence-corrected chi connectivity index (χ0v) is 42.8. The van der Waals surface area contributed by atoms with Gasteiger partial charge in [0.15, 0.2) is 10.8 Å². The quantitative estimate of drug-likeness (QED) is 0.0412.